The molecule has 0 aliphatic rings. The zero-order chi connectivity index (χ0) is 22.5. The van der Waals surface area contributed by atoms with Gasteiger partial charge in [0.15, 0.2) is 0 Å². The molecule has 0 aliphatic heterocycles. The minimum absolute atomic E-state index is 0.112. The number of rotatable bonds is 6. The van der Waals surface area contributed by atoms with Crippen LogP contribution in [0, 0.1) is 5.92 Å². The number of para-hydroxylation sites is 1. The number of nitrogens with one attached hydrogen (secondary N) is 4. The minimum Gasteiger partial charge on any atom is -0.360 e. The van der Waals surface area contributed by atoms with E-state index in [1.165, 1.54) is 12.1 Å². The maximum Gasteiger partial charge on any atom is 0.271 e. The fraction of sp³-hybridized carbons (Fsp3) is 0.227. The summed E-state index contributed by atoms with van der Waals surface area (Å²) in [6.07, 6.45) is 1.94. The Hall–Kier alpha value is -3.03. The summed E-state index contributed by atoms with van der Waals surface area (Å²) >= 11 is 12.0. The van der Waals surface area contributed by atoms with Crippen molar-refractivity contribution in [2.24, 2.45) is 5.92 Å². The van der Waals surface area contributed by atoms with Gasteiger partial charge in [-0.1, -0.05) is 55.2 Å². The Bertz CT molecular complexity index is 1130. The maximum atomic E-state index is 12.7. The van der Waals surface area contributed by atoms with Gasteiger partial charge in [-0.2, -0.15) is 0 Å². The number of hydrazine groups is 1. The lowest BCUT2D eigenvalue weighted by Gasteiger charge is -2.20. The van der Waals surface area contributed by atoms with Gasteiger partial charge in [0.05, 0.1) is 16.1 Å². The standard InChI is InChI=1S/C22H22Cl2N4O3/c1-12(2)9-19(26-20(29)15-8-7-13(23)10-17(15)24)22(31)28-27-21(30)16-11-25-18-6-4-3-5-14(16)18/h3-8,10-12,19,25H,9H2,1-2H3,(H,26,29)(H,27,30)(H,28,31). The molecule has 7 nitrogen and oxygen atoms in total. The van der Waals surface area contributed by atoms with E-state index >= 15 is 0 Å². The number of halogens is 2. The summed E-state index contributed by atoms with van der Waals surface area (Å²) in [7, 11) is 0. The van der Waals surface area contributed by atoms with Crippen molar-refractivity contribution in [3.63, 3.8) is 0 Å². The Morgan fingerprint density at radius 1 is 0.968 bits per heavy atom. The molecule has 0 spiro atoms. The average Bonchev–Trinajstić information content (AvgIpc) is 3.15. The highest BCUT2D eigenvalue weighted by Gasteiger charge is 2.24. The number of H-pyrrole nitrogens is 1. The fourth-order valence-electron chi connectivity index (χ4n) is 3.14. The summed E-state index contributed by atoms with van der Waals surface area (Å²) in [6, 6.07) is 10.9. The molecule has 0 fully saturated rings. The van der Waals surface area contributed by atoms with Gasteiger partial charge in [-0.05, 0) is 36.6 Å². The summed E-state index contributed by atoms with van der Waals surface area (Å²) in [5.41, 5.74) is 6.22. The zero-order valence-electron chi connectivity index (χ0n) is 17.0. The van der Waals surface area contributed by atoms with Crippen molar-refractivity contribution >= 4 is 51.8 Å². The molecular weight excluding hydrogens is 439 g/mol. The van der Waals surface area contributed by atoms with E-state index in [0.717, 1.165) is 10.9 Å². The van der Waals surface area contributed by atoms with E-state index in [4.69, 9.17) is 23.2 Å². The number of aromatic amines is 1. The van der Waals surface area contributed by atoms with Crippen LogP contribution >= 0.6 is 23.2 Å². The third-order valence-electron chi connectivity index (χ3n) is 4.64. The summed E-state index contributed by atoms with van der Waals surface area (Å²) in [6.45, 7) is 3.85. The Kier molecular flexibility index (Phi) is 7.20. The molecule has 2 aromatic carbocycles. The van der Waals surface area contributed by atoms with E-state index in [2.05, 4.69) is 21.2 Å². The predicted octanol–water partition coefficient (Wildman–Crippen LogP) is 4.08. The number of benzene rings is 2. The molecule has 0 saturated carbocycles. The van der Waals surface area contributed by atoms with Crippen LogP contribution in [0.1, 0.15) is 41.0 Å². The maximum absolute atomic E-state index is 12.7. The molecule has 1 atom stereocenters. The fourth-order valence-corrected chi connectivity index (χ4v) is 3.64. The Balaban J connectivity index is 1.68. The Morgan fingerprint density at radius 2 is 1.71 bits per heavy atom. The van der Waals surface area contributed by atoms with Crippen molar-refractivity contribution in [2.45, 2.75) is 26.3 Å². The van der Waals surface area contributed by atoms with Crippen LogP contribution in [0.25, 0.3) is 10.9 Å². The van der Waals surface area contributed by atoms with Gasteiger partial charge in [0.2, 0.25) is 0 Å². The number of carbonyl (C=O) groups is 3. The topological polar surface area (TPSA) is 103 Å². The monoisotopic (exact) mass is 460 g/mol. The van der Waals surface area contributed by atoms with E-state index < -0.39 is 23.8 Å². The average molecular weight is 461 g/mol. The quantitative estimate of drug-likeness (QED) is 0.416. The number of amides is 3. The summed E-state index contributed by atoms with van der Waals surface area (Å²) in [5, 5.41) is 3.99. The second-order valence-corrected chi connectivity index (χ2v) is 8.31. The van der Waals surface area contributed by atoms with E-state index in [1.54, 1.807) is 18.3 Å². The van der Waals surface area contributed by atoms with Gasteiger partial charge in [0, 0.05) is 22.1 Å². The highest BCUT2D eigenvalue weighted by atomic mass is 35.5. The molecule has 0 radical (unpaired) electrons. The van der Waals surface area contributed by atoms with Crippen LogP contribution in [0.3, 0.4) is 0 Å². The van der Waals surface area contributed by atoms with Gasteiger partial charge < -0.3 is 10.3 Å². The third-order valence-corrected chi connectivity index (χ3v) is 5.19. The SMILES string of the molecule is CC(C)CC(NC(=O)c1ccc(Cl)cc1Cl)C(=O)NNC(=O)c1c[nH]c2ccccc12. The largest absolute Gasteiger partial charge is 0.360 e. The molecular formula is C22H22Cl2N4O3. The van der Waals surface area contributed by atoms with E-state index in [9.17, 15) is 14.4 Å². The van der Waals surface area contributed by atoms with Crippen LogP contribution in [0.4, 0.5) is 0 Å². The van der Waals surface area contributed by atoms with Crippen LogP contribution < -0.4 is 16.2 Å². The van der Waals surface area contributed by atoms with Gasteiger partial charge >= 0.3 is 0 Å². The molecule has 1 aromatic heterocycles. The second-order valence-electron chi connectivity index (χ2n) is 7.47. The highest BCUT2D eigenvalue weighted by Crippen LogP contribution is 2.21. The predicted molar refractivity (Wildman–Crippen MR) is 121 cm³/mol. The number of fused-ring (bicyclic) bond motifs is 1. The molecule has 0 saturated heterocycles. The van der Waals surface area contributed by atoms with Gasteiger partial charge in [0.25, 0.3) is 17.7 Å². The van der Waals surface area contributed by atoms with Crippen LogP contribution in [0.15, 0.2) is 48.7 Å². The van der Waals surface area contributed by atoms with Crippen molar-refractivity contribution < 1.29 is 14.4 Å². The number of hydrogen-bond acceptors (Lipinski definition) is 3. The Morgan fingerprint density at radius 3 is 2.42 bits per heavy atom. The molecule has 0 bridgehead atoms. The van der Waals surface area contributed by atoms with Crippen LogP contribution in [0.5, 0.6) is 0 Å². The molecule has 3 rings (SSSR count). The lowest BCUT2D eigenvalue weighted by molar-refractivity contribution is -0.124. The Labute approximate surface area is 189 Å². The summed E-state index contributed by atoms with van der Waals surface area (Å²) in [4.78, 5) is 40.9. The second kappa shape index (κ2) is 9.85. The zero-order valence-corrected chi connectivity index (χ0v) is 18.5. The molecule has 31 heavy (non-hydrogen) atoms. The van der Waals surface area contributed by atoms with Crippen molar-refractivity contribution in [3.8, 4) is 0 Å². The van der Waals surface area contributed by atoms with E-state index in [1.807, 2.05) is 32.0 Å². The van der Waals surface area contributed by atoms with Crippen molar-refractivity contribution in [2.75, 3.05) is 0 Å². The molecule has 4 N–H and O–H groups in total. The molecule has 3 aromatic rings. The smallest absolute Gasteiger partial charge is 0.271 e. The normalized spacial score (nSPS) is 11.9. The van der Waals surface area contributed by atoms with Crippen molar-refractivity contribution in [1.29, 1.82) is 0 Å². The minimum atomic E-state index is -0.873. The molecule has 3 amide bonds. The number of aromatic nitrogens is 1. The number of carbonyl (C=O) groups excluding carboxylic acids is 3. The van der Waals surface area contributed by atoms with E-state index in [0.29, 0.717) is 17.0 Å². The number of hydrogen-bond donors (Lipinski definition) is 4. The first-order valence-corrected chi connectivity index (χ1v) is 10.4. The summed E-state index contributed by atoms with van der Waals surface area (Å²) < 4.78 is 0. The van der Waals surface area contributed by atoms with E-state index in [-0.39, 0.29) is 16.5 Å². The van der Waals surface area contributed by atoms with Crippen molar-refractivity contribution in [1.82, 2.24) is 21.2 Å². The summed E-state index contributed by atoms with van der Waals surface area (Å²) in [5.74, 6) is -1.41. The first-order chi connectivity index (χ1) is 14.8. The first kappa shape index (κ1) is 22.7. The molecule has 162 valence electrons. The molecule has 1 heterocycles. The van der Waals surface area contributed by atoms with Crippen LogP contribution in [-0.2, 0) is 4.79 Å². The van der Waals surface area contributed by atoms with Crippen LogP contribution in [-0.4, -0.2) is 28.7 Å². The molecule has 1 unspecified atom stereocenters. The van der Waals surface area contributed by atoms with Gasteiger partial charge in [0.1, 0.15) is 6.04 Å². The third kappa shape index (κ3) is 5.57. The lowest BCUT2D eigenvalue weighted by atomic mass is 10.0. The highest BCUT2D eigenvalue weighted by molar-refractivity contribution is 6.36. The van der Waals surface area contributed by atoms with Gasteiger partial charge in [-0.25, -0.2) is 0 Å². The molecule has 0 aliphatic carbocycles. The first-order valence-electron chi connectivity index (χ1n) is 9.68. The van der Waals surface area contributed by atoms with Crippen LogP contribution in [0.2, 0.25) is 10.0 Å². The van der Waals surface area contributed by atoms with Crippen molar-refractivity contribution in [3.05, 3.63) is 69.8 Å². The molecule has 9 heteroatoms. The van der Waals surface area contributed by atoms with Gasteiger partial charge in [-0.3, -0.25) is 25.2 Å². The lowest BCUT2D eigenvalue weighted by Crippen LogP contribution is -2.52. The van der Waals surface area contributed by atoms with Gasteiger partial charge in [-0.15, -0.1) is 0 Å².